The van der Waals surface area contributed by atoms with Gasteiger partial charge in [-0.05, 0) is 31.9 Å². The van der Waals surface area contributed by atoms with Crippen molar-refractivity contribution in [3.63, 3.8) is 0 Å². The van der Waals surface area contributed by atoms with Crippen LogP contribution in [0.15, 0.2) is 29.2 Å². The Hall–Kier alpha value is -1.89. The first-order valence-corrected chi connectivity index (χ1v) is 8.03. The highest BCUT2D eigenvalue weighted by Gasteiger charge is 2.42. The van der Waals surface area contributed by atoms with E-state index in [2.05, 4.69) is 4.74 Å². The van der Waals surface area contributed by atoms with Crippen molar-refractivity contribution >= 4 is 21.9 Å². The molecule has 1 amide bonds. The number of benzene rings is 1. The molecule has 6 nitrogen and oxygen atoms in total. The molecule has 21 heavy (non-hydrogen) atoms. The average molecular weight is 311 g/mol. The molecule has 1 heterocycles. The Morgan fingerprint density at radius 2 is 1.90 bits per heavy atom. The highest BCUT2D eigenvalue weighted by Crippen LogP contribution is 2.27. The van der Waals surface area contributed by atoms with Gasteiger partial charge in [0.1, 0.15) is 6.04 Å². The maximum Gasteiger partial charge on any atom is 0.329 e. The van der Waals surface area contributed by atoms with Crippen LogP contribution in [0.3, 0.4) is 0 Å². The molecule has 1 aliphatic rings. The predicted molar refractivity (Wildman–Crippen MR) is 74.9 cm³/mol. The zero-order valence-electron chi connectivity index (χ0n) is 11.9. The molecule has 1 aromatic carbocycles. The van der Waals surface area contributed by atoms with E-state index < -0.39 is 27.9 Å². The van der Waals surface area contributed by atoms with Crippen LogP contribution in [0.25, 0.3) is 0 Å². The largest absolute Gasteiger partial charge is 0.467 e. The zero-order chi connectivity index (χ0) is 15.6. The topological polar surface area (TPSA) is 80.8 Å². The number of hydrogen-bond donors (Lipinski definition) is 0. The van der Waals surface area contributed by atoms with Gasteiger partial charge in [0.05, 0.1) is 12.0 Å². The molecule has 0 radical (unpaired) electrons. The minimum atomic E-state index is -4.05. The number of rotatable bonds is 3. The van der Waals surface area contributed by atoms with Crippen LogP contribution in [0.1, 0.15) is 24.8 Å². The summed E-state index contributed by atoms with van der Waals surface area (Å²) in [5, 5.41) is 0. The summed E-state index contributed by atoms with van der Waals surface area (Å²) in [5.41, 5.74) is 0.906. The Balaban J connectivity index is 2.45. The second kappa shape index (κ2) is 5.85. The molecule has 1 atom stereocenters. The van der Waals surface area contributed by atoms with Crippen LogP contribution in [-0.4, -0.2) is 37.8 Å². The summed E-state index contributed by atoms with van der Waals surface area (Å²) in [6.45, 7) is 1.83. The van der Waals surface area contributed by atoms with Crippen LogP contribution in [0.5, 0.6) is 0 Å². The van der Waals surface area contributed by atoms with E-state index in [1.54, 1.807) is 12.1 Å². The number of esters is 1. The molecule has 7 heteroatoms. The number of ether oxygens (including phenoxy) is 1. The fraction of sp³-hybridized carbons (Fsp3) is 0.429. The number of hydrogen-bond acceptors (Lipinski definition) is 5. The van der Waals surface area contributed by atoms with Crippen LogP contribution in [0.4, 0.5) is 0 Å². The molecule has 1 saturated heterocycles. The number of carbonyl (C=O) groups is 2. The summed E-state index contributed by atoms with van der Waals surface area (Å²) < 4.78 is 30.6. The molecule has 1 aliphatic heterocycles. The van der Waals surface area contributed by atoms with E-state index in [-0.39, 0.29) is 17.7 Å². The van der Waals surface area contributed by atoms with Gasteiger partial charge in [0.25, 0.3) is 10.0 Å². The van der Waals surface area contributed by atoms with Gasteiger partial charge in [0, 0.05) is 6.42 Å². The quantitative estimate of drug-likeness (QED) is 0.785. The van der Waals surface area contributed by atoms with E-state index in [0.717, 1.165) is 5.56 Å². The van der Waals surface area contributed by atoms with E-state index in [4.69, 9.17) is 0 Å². The number of piperidine rings is 1. The van der Waals surface area contributed by atoms with Crippen LogP contribution in [0, 0.1) is 6.92 Å². The summed E-state index contributed by atoms with van der Waals surface area (Å²) in [6, 6.07) is 5.08. The van der Waals surface area contributed by atoms with Crippen molar-refractivity contribution in [2.24, 2.45) is 0 Å². The third-order valence-corrected chi connectivity index (χ3v) is 5.29. The van der Waals surface area contributed by atoms with Crippen molar-refractivity contribution in [3.8, 4) is 0 Å². The lowest BCUT2D eigenvalue weighted by Crippen LogP contribution is -2.51. The van der Waals surface area contributed by atoms with Gasteiger partial charge in [-0.15, -0.1) is 0 Å². The molecular weight excluding hydrogens is 294 g/mol. The molecular formula is C14H17NO5S. The van der Waals surface area contributed by atoms with Gasteiger partial charge in [-0.25, -0.2) is 17.5 Å². The summed E-state index contributed by atoms with van der Waals surface area (Å²) in [6.07, 6.45) is 0.862. The number of methoxy groups -OCH3 is 1. The lowest BCUT2D eigenvalue weighted by atomic mass is 10.0. The van der Waals surface area contributed by atoms with Crippen molar-refractivity contribution < 1.29 is 22.7 Å². The van der Waals surface area contributed by atoms with Crippen LogP contribution in [-0.2, 0) is 24.3 Å². The lowest BCUT2D eigenvalue weighted by Gasteiger charge is -2.32. The van der Waals surface area contributed by atoms with E-state index in [9.17, 15) is 18.0 Å². The molecule has 1 unspecified atom stereocenters. The standard InChI is InChI=1S/C14H17NO5S/c1-10-6-8-11(9-7-10)21(18,19)15-12(14(17)20-2)4-3-5-13(15)16/h6-9,12H,3-5H2,1-2H3. The number of carbonyl (C=O) groups excluding carboxylic acids is 2. The summed E-state index contributed by atoms with van der Waals surface area (Å²) in [5.74, 6) is -1.28. The van der Waals surface area contributed by atoms with Crippen molar-refractivity contribution in [2.75, 3.05) is 7.11 Å². The van der Waals surface area contributed by atoms with Gasteiger partial charge in [0.15, 0.2) is 0 Å². The maximum atomic E-state index is 12.6. The Kier molecular flexibility index (Phi) is 4.32. The monoisotopic (exact) mass is 311 g/mol. The third-order valence-electron chi connectivity index (χ3n) is 3.45. The van der Waals surface area contributed by atoms with E-state index in [1.165, 1.54) is 19.2 Å². The molecule has 2 rings (SSSR count). The summed E-state index contributed by atoms with van der Waals surface area (Å²) in [7, 11) is -2.87. The van der Waals surface area contributed by atoms with Gasteiger partial charge in [-0.2, -0.15) is 0 Å². The van der Waals surface area contributed by atoms with Crippen molar-refractivity contribution in [1.29, 1.82) is 0 Å². The fourth-order valence-corrected chi connectivity index (χ4v) is 3.92. The predicted octanol–water partition coefficient (Wildman–Crippen LogP) is 1.24. The van der Waals surface area contributed by atoms with Crippen molar-refractivity contribution in [1.82, 2.24) is 4.31 Å². The average Bonchev–Trinajstić information content (AvgIpc) is 2.46. The Morgan fingerprint density at radius 1 is 1.29 bits per heavy atom. The number of amides is 1. The smallest absolute Gasteiger partial charge is 0.329 e. The van der Waals surface area contributed by atoms with Gasteiger partial charge >= 0.3 is 5.97 Å². The number of sulfonamides is 1. The van der Waals surface area contributed by atoms with Gasteiger partial charge < -0.3 is 4.74 Å². The van der Waals surface area contributed by atoms with Crippen LogP contribution in [0.2, 0.25) is 0 Å². The summed E-state index contributed by atoms with van der Waals surface area (Å²) in [4.78, 5) is 23.8. The van der Waals surface area contributed by atoms with E-state index in [0.29, 0.717) is 10.7 Å². The van der Waals surface area contributed by atoms with E-state index >= 15 is 0 Å². The number of aryl methyl sites for hydroxylation is 1. The molecule has 0 saturated carbocycles. The molecule has 1 aromatic rings. The van der Waals surface area contributed by atoms with E-state index in [1.807, 2.05) is 6.92 Å². The Bertz CT molecular complexity index is 650. The molecule has 0 N–H and O–H groups in total. The highest BCUT2D eigenvalue weighted by molar-refractivity contribution is 7.89. The zero-order valence-corrected chi connectivity index (χ0v) is 12.7. The van der Waals surface area contributed by atoms with Gasteiger partial charge in [-0.3, -0.25) is 4.79 Å². The maximum absolute atomic E-state index is 12.6. The van der Waals surface area contributed by atoms with Crippen LogP contribution < -0.4 is 0 Å². The normalized spacial score (nSPS) is 19.4. The Labute approximate surface area is 123 Å². The first kappa shape index (κ1) is 15.5. The van der Waals surface area contributed by atoms with Gasteiger partial charge in [0.2, 0.25) is 5.91 Å². The molecule has 0 spiro atoms. The van der Waals surface area contributed by atoms with Gasteiger partial charge in [-0.1, -0.05) is 17.7 Å². The van der Waals surface area contributed by atoms with Crippen molar-refractivity contribution in [2.45, 2.75) is 37.1 Å². The summed E-state index contributed by atoms with van der Waals surface area (Å²) >= 11 is 0. The highest BCUT2D eigenvalue weighted by atomic mass is 32.2. The third kappa shape index (κ3) is 2.92. The Morgan fingerprint density at radius 3 is 2.48 bits per heavy atom. The fourth-order valence-electron chi connectivity index (χ4n) is 2.32. The number of nitrogens with zero attached hydrogens (tertiary/aromatic N) is 1. The molecule has 0 bridgehead atoms. The molecule has 114 valence electrons. The molecule has 0 aromatic heterocycles. The second-order valence-corrected chi connectivity index (χ2v) is 6.75. The van der Waals surface area contributed by atoms with Crippen molar-refractivity contribution in [3.05, 3.63) is 29.8 Å². The minimum absolute atomic E-state index is 0.00254. The first-order valence-electron chi connectivity index (χ1n) is 6.59. The molecule has 0 aliphatic carbocycles. The molecule has 1 fully saturated rings. The van der Waals surface area contributed by atoms with Crippen LogP contribution >= 0.6 is 0 Å². The first-order chi connectivity index (χ1) is 9.87. The SMILES string of the molecule is COC(=O)C1CCCC(=O)N1S(=O)(=O)c1ccc(C)cc1. The minimum Gasteiger partial charge on any atom is -0.467 e. The second-order valence-electron chi connectivity index (χ2n) is 4.94. The lowest BCUT2D eigenvalue weighted by molar-refractivity contribution is -0.151.